The zero-order valence-electron chi connectivity index (χ0n) is 22.3. The third-order valence-electron chi connectivity index (χ3n) is 5.12. The number of esters is 1. The first-order valence-electron chi connectivity index (χ1n) is 12.9. The van der Waals surface area contributed by atoms with Gasteiger partial charge in [0, 0.05) is 13.0 Å². The maximum Gasteiger partial charge on any atom is 0.305 e. The van der Waals surface area contributed by atoms with Crippen molar-refractivity contribution < 1.29 is 37.3 Å². The topological polar surface area (TPSA) is 94.1 Å². The first-order chi connectivity index (χ1) is 16.1. The lowest BCUT2D eigenvalue weighted by Crippen LogP contribution is -2.37. The number of carbonyl (C=O) groups is 1. The molecule has 0 aliphatic heterocycles. The van der Waals surface area contributed by atoms with E-state index in [0.717, 1.165) is 12.8 Å². The molecular formula is C25H50NO7P. The van der Waals surface area contributed by atoms with E-state index in [-0.39, 0.29) is 26.2 Å². The quantitative estimate of drug-likeness (QED) is 0.0631. The summed E-state index contributed by atoms with van der Waals surface area (Å²) < 4.78 is 33.2. The van der Waals surface area contributed by atoms with E-state index >= 15 is 0 Å². The summed E-state index contributed by atoms with van der Waals surface area (Å²) in [5.74, 6) is -0.427. The molecular weight excluding hydrogens is 457 g/mol. The molecule has 202 valence electrons. The minimum absolute atomic E-state index is 0.0237. The number of hydrogen-bond acceptors (Lipinski definition) is 7. The molecule has 0 saturated heterocycles. The minimum atomic E-state index is -4.47. The van der Waals surface area contributed by atoms with Crippen LogP contribution >= 0.6 is 7.82 Å². The molecule has 0 spiro atoms. The molecule has 0 N–H and O–H groups in total. The molecule has 0 aromatic heterocycles. The second kappa shape index (κ2) is 20.4. The van der Waals surface area contributed by atoms with Crippen LogP contribution in [0.2, 0.25) is 0 Å². The Balaban J connectivity index is 4.00. The van der Waals surface area contributed by atoms with Gasteiger partial charge in [0.05, 0.1) is 34.4 Å². The molecule has 0 saturated carbocycles. The largest absolute Gasteiger partial charge is 0.756 e. The molecule has 34 heavy (non-hydrogen) atoms. The van der Waals surface area contributed by atoms with Gasteiger partial charge in [-0.05, 0) is 25.7 Å². The van der Waals surface area contributed by atoms with Gasteiger partial charge in [0.1, 0.15) is 19.3 Å². The van der Waals surface area contributed by atoms with Crippen LogP contribution in [-0.2, 0) is 27.9 Å². The summed E-state index contributed by atoms with van der Waals surface area (Å²) in [5, 5.41) is 0. The minimum Gasteiger partial charge on any atom is -0.756 e. The Labute approximate surface area is 208 Å². The monoisotopic (exact) mass is 507 g/mol. The summed E-state index contributed by atoms with van der Waals surface area (Å²) in [5.41, 5.74) is 0. The van der Waals surface area contributed by atoms with E-state index in [9.17, 15) is 14.3 Å². The van der Waals surface area contributed by atoms with Gasteiger partial charge in [-0.2, -0.15) is 0 Å². The number of phosphoric acid groups is 1. The molecule has 0 rings (SSSR count). The Morgan fingerprint density at radius 2 is 1.50 bits per heavy atom. The van der Waals surface area contributed by atoms with E-state index in [4.69, 9.17) is 18.5 Å². The number of carbonyl (C=O) groups excluding carboxylic acids is 1. The smallest absolute Gasteiger partial charge is 0.305 e. The summed E-state index contributed by atoms with van der Waals surface area (Å²) >= 11 is 0. The van der Waals surface area contributed by atoms with Crippen LogP contribution in [0.4, 0.5) is 0 Å². The maximum atomic E-state index is 12.0. The number of allylic oxidation sites excluding steroid dienone is 2. The number of nitrogens with zero attached hydrogens (tertiary/aromatic N) is 1. The first-order valence-corrected chi connectivity index (χ1v) is 14.4. The number of unbranched alkanes of at least 4 members (excludes halogenated alkanes) is 8. The second-order valence-corrected chi connectivity index (χ2v) is 11.1. The third kappa shape index (κ3) is 23.0. The Kier molecular flexibility index (Phi) is 20.0. The molecule has 2 unspecified atom stereocenters. The molecule has 2 atom stereocenters. The van der Waals surface area contributed by atoms with E-state index in [1.165, 1.54) is 51.4 Å². The van der Waals surface area contributed by atoms with Crippen molar-refractivity contribution in [3.05, 3.63) is 12.2 Å². The fraction of sp³-hybridized carbons (Fsp3) is 0.880. The van der Waals surface area contributed by atoms with E-state index in [1.807, 2.05) is 21.1 Å². The Bertz CT molecular complexity index is 578. The summed E-state index contributed by atoms with van der Waals surface area (Å²) in [4.78, 5) is 23.6. The van der Waals surface area contributed by atoms with Gasteiger partial charge in [-0.3, -0.25) is 9.36 Å². The Morgan fingerprint density at radius 3 is 2.12 bits per heavy atom. The number of hydrogen-bond donors (Lipinski definition) is 0. The van der Waals surface area contributed by atoms with Crippen LogP contribution in [0, 0.1) is 0 Å². The predicted molar refractivity (Wildman–Crippen MR) is 134 cm³/mol. The summed E-state index contributed by atoms with van der Waals surface area (Å²) in [6, 6.07) is 0. The van der Waals surface area contributed by atoms with Crippen LogP contribution in [0.1, 0.15) is 84.5 Å². The fourth-order valence-corrected chi connectivity index (χ4v) is 3.70. The van der Waals surface area contributed by atoms with Gasteiger partial charge in [0.25, 0.3) is 7.82 Å². The highest BCUT2D eigenvalue weighted by molar-refractivity contribution is 7.45. The molecule has 0 bridgehead atoms. The van der Waals surface area contributed by atoms with E-state index in [2.05, 4.69) is 19.1 Å². The van der Waals surface area contributed by atoms with Gasteiger partial charge >= 0.3 is 5.97 Å². The van der Waals surface area contributed by atoms with Crippen molar-refractivity contribution in [3.63, 3.8) is 0 Å². The molecule has 0 amide bonds. The number of quaternary nitrogens is 1. The highest BCUT2D eigenvalue weighted by Gasteiger charge is 2.19. The maximum absolute atomic E-state index is 12.0. The lowest BCUT2D eigenvalue weighted by atomic mass is 10.1. The molecule has 0 aromatic rings. The molecule has 0 aliphatic rings. The third-order valence-corrected chi connectivity index (χ3v) is 6.09. The second-order valence-electron chi connectivity index (χ2n) is 9.65. The summed E-state index contributed by atoms with van der Waals surface area (Å²) in [7, 11) is 1.34. The van der Waals surface area contributed by atoms with Crippen molar-refractivity contribution in [1.29, 1.82) is 0 Å². The Morgan fingerprint density at radius 1 is 0.882 bits per heavy atom. The van der Waals surface area contributed by atoms with Crippen LogP contribution in [0.3, 0.4) is 0 Å². The number of ether oxygens (including phenoxy) is 2. The first kappa shape index (κ1) is 33.2. The fourth-order valence-electron chi connectivity index (χ4n) is 2.97. The average Bonchev–Trinajstić information content (AvgIpc) is 2.76. The van der Waals surface area contributed by atoms with Crippen LogP contribution < -0.4 is 4.89 Å². The lowest BCUT2D eigenvalue weighted by Gasteiger charge is -2.28. The van der Waals surface area contributed by atoms with Crippen molar-refractivity contribution in [1.82, 2.24) is 0 Å². The molecule has 0 aliphatic carbocycles. The lowest BCUT2D eigenvalue weighted by molar-refractivity contribution is -0.870. The molecule has 0 aromatic carbocycles. The van der Waals surface area contributed by atoms with Crippen molar-refractivity contribution in [2.45, 2.75) is 90.6 Å². The zero-order valence-corrected chi connectivity index (χ0v) is 23.2. The number of rotatable bonds is 23. The molecule has 0 heterocycles. The molecule has 9 heteroatoms. The van der Waals surface area contributed by atoms with Gasteiger partial charge in [0.2, 0.25) is 0 Å². The predicted octanol–water partition coefficient (Wildman–Crippen LogP) is 5.01. The van der Waals surface area contributed by atoms with Crippen LogP contribution in [0.25, 0.3) is 0 Å². The standard InChI is InChI=1S/C25H50NO7P/c1-6-8-9-10-11-12-13-14-15-16-17-18-20-30-22-24(33-25(27)7-2)23-32-34(28,29)31-21-19-26(3,4)5/h10-11,24H,6-9,12-23H2,1-5H3/b11-10-. The number of phosphoric ester groups is 1. The van der Waals surface area contributed by atoms with Gasteiger partial charge in [0.15, 0.2) is 0 Å². The summed E-state index contributed by atoms with van der Waals surface area (Å²) in [6.07, 6.45) is 15.8. The molecule has 0 fully saturated rings. The molecule has 0 radical (unpaired) electrons. The Hall–Kier alpha value is -0.760. The zero-order chi connectivity index (χ0) is 25.7. The van der Waals surface area contributed by atoms with Gasteiger partial charge in [-0.25, -0.2) is 0 Å². The number of likely N-dealkylation sites (N-methyl/N-ethyl adjacent to an activating group) is 1. The SMILES string of the molecule is CCCC/C=C\CCCCCCCCOCC(COP(=O)([O-])OCC[N+](C)(C)C)OC(=O)CC. The van der Waals surface area contributed by atoms with E-state index in [0.29, 0.717) is 17.6 Å². The van der Waals surface area contributed by atoms with E-state index < -0.39 is 19.9 Å². The summed E-state index contributed by atoms with van der Waals surface area (Å²) in [6.45, 7) is 4.74. The van der Waals surface area contributed by atoms with Crippen molar-refractivity contribution in [3.8, 4) is 0 Å². The van der Waals surface area contributed by atoms with E-state index in [1.54, 1.807) is 6.92 Å². The van der Waals surface area contributed by atoms with Crippen molar-refractivity contribution in [2.24, 2.45) is 0 Å². The highest BCUT2D eigenvalue weighted by atomic mass is 31.2. The van der Waals surface area contributed by atoms with Crippen molar-refractivity contribution in [2.75, 3.05) is 54.1 Å². The highest BCUT2D eigenvalue weighted by Crippen LogP contribution is 2.38. The van der Waals surface area contributed by atoms with Crippen LogP contribution in [0.5, 0.6) is 0 Å². The van der Waals surface area contributed by atoms with Gasteiger partial charge < -0.3 is 27.9 Å². The molecule has 8 nitrogen and oxygen atoms in total. The average molecular weight is 508 g/mol. The van der Waals surface area contributed by atoms with Gasteiger partial charge in [-0.1, -0.05) is 64.5 Å². The van der Waals surface area contributed by atoms with Crippen LogP contribution in [0.15, 0.2) is 12.2 Å². The van der Waals surface area contributed by atoms with Crippen LogP contribution in [-0.4, -0.2) is 70.7 Å². The van der Waals surface area contributed by atoms with Gasteiger partial charge in [-0.15, -0.1) is 0 Å². The normalized spacial score (nSPS) is 14.9. The van der Waals surface area contributed by atoms with Crippen molar-refractivity contribution >= 4 is 13.8 Å².